The lowest BCUT2D eigenvalue weighted by Crippen LogP contribution is -2.13. The van der Waals surface area contributed by atoms with Gasteiger partial charge in [0.05, 0.1) is 10.6 Å². The molecular formula is C21H19NO3S. The van der Waals surface area contributed by atoms with Gasteiger partial charge in [0.25, 0.3) is 10.0 Å². The fourth-order valence-corrected chi connectivity index (χ4v) is 3.55. The van der Waals surface area contributed by atoms with Gasteiger partial charge in [-0.2, -0.15) is 0 Å². The van der Waals surface area contributed by atoms with Crippen molar-refractivity contribution in [3.05, 3.63) is 89.5 Å². The van der Waals surface area contributed by atoms with E-state index in [2.05, 4.69) is 4.72 Å². The Kier molecular flexibility index (Phi) is 5.09. The number of hydrogen-bond acceptors (Lipinski definition) is 3. The van der Waals surface area contributed by atoms with Crippen LogP contribution in [-0.2, 0) is 10.0 Å². The molecule has 26 heavy (non-hydrogen) atoms. The predicted octanol–water partition coefficient (Wildman–Crippen LogP) is 4.67. The van der Waals surface area contributed by atoms with Crippen LogP contribution in [0.3, 0.4) is 0 Å². The molecule has 0 saturated carbocycles. The van der Waals surface area contributed by atoms with E-state index in [0.29, 0.717) is 16.8 Å². The molecule has 0 radical (unpaired) electrons. The van der Waals surface area contributed by atoms with Crippen LogP contribution in [0.5, 0.6) is 5.75 Å². The van der Waals surface area contributed by atoms with Gasteiger partial charge < -0.3 is 5.11 Å². The van der Waals surface area contributed by atoms with Crippen LogP contribution in [0.4, 0.5) is 5.69 Å². The van der Waals surface area contributed by atoms with Gasteiger partial charge in [0.15, 0.2) is 0 Å². The van der Waals surface area contributed by atoms with Crippen molar-refractivity contribution >= 4 is 27.9 Å². The number of aryl methyl sites for hydroxylation is 1. The highest BCUT2D eigenvalue weighted by atomic mass is 32.2. The molecule has 0 aliphatic carbocycles. The fraction of sp³-hybridized carbons (Fsp3) is 0.0476. The quantitative estimate of drug-likeness (QED) is 0.646. The third kappa shape index (κ3) is 4.13. The molecule has 132 valence electrons. The lowest BCUT2D eigenvalue weighted by Gasteiger charge is -2.11. The molecule has 0 fully saturated rings. The average Bonchev–Trinajstić information content (AvgIpc) is 2.62. The number of para-hydroxylation sites is 2. The SMILES string of the molecule is Cc1ccc(S(=O)(=O)Nc2ccccc2/C=C/c2ccccc2O)cc1. The number of aromatic hydroxyl groups is 1. The second-order valence-electron chi connectivity index (χ2n) is 5.90. The van der Waals surface area contributed by atoms with E-state index in [9.17, 15) is 13.5 Å². The minimum Gasteiger partial charge on any atom is -0.507 e. The number of sulfonamides is 1. The molecule has 0 unspecified atom stereocenters. The van der Waals surface area contributed by atoms with E-state index in [1.54, 1.807) is 66.7 Å². The molecule has 0 amide bonds. The van der Waals surface area contributed by atoms with E-state index in [1.807, 2.05) is 25.1 Å². The normalized spacial score (nSPS) is 11.6. The highest BCUT2D eigenvalue weighted by molar-refractivity contribution is 7.92. The molecule has 5 heteroatoms. The predicted molar refractivity (Wildman–Crippen MR) is 105 cm³/mol. The van der Waals surface area contributed by atoms with E-state index in [1.165, 1.54) is 0 Å². The van der Waals surface area contributed by atoms with Gasteiger partial charge in [0, 0.05) is 5.56 Å². The second kappa shape index (κ2) is 7.45. The van der Waals surface area contributed by atoms with Crippen LogP contribution in [0.15, 0.2) is 77.7 Å². The summed E-state index contributed by atoms with van der Waals surface area (Å²) in [7, 11) is -3.68. The zero-order chi connectivity index (χ0) is 18.6. The van der Waals surface area contributed by atoms with Crippen LogP contribution in [0.1, 0.15) is 16.7 Å². The minimum absolute atomic E-state index is 0.168. The lowest BCUT2D eigenvalue weighted by atomic mass is 10.1. The van der Waals surface area contributed by atoms with Crippen LogP contribution in [0.25, 0.3) is 12.2 Å². The summed E-state index contributed by atoms with van der Waals surface area (Å²) in [6.45, 7) is 1.91. The van der Waals surface area contributed by atoms with E-state index in [-0.39, 0.29) is 10.6 Å². The van der Waals surface area contributed by atoms with Crippen molar-refractivity contribution in [2.45, 2.75) is 11.8 Å². The van der Waals surface area contributed by atoms with Gasteiger partial charge in [-0.05, 0) is 36.8 Å². The fourth-order valence-electron chi connectivity index (χ4n) is 2.46. The number of benzene rings is 3. The molecule has 0 atom stereocenters. The Morgan fingerprint density at radius 2 is 1.38 bits per heavy atom. The molecule has 3 rings (SSSR count). The maximum absolute atomic E-state index is 12.6. The standard InChI is InChI=1S/C21H19NO3S/c1-16-10-14-19(15-11-16)26(24,25)22-20-8-4-2-6-17(20)12-13-18-7-3-5-9-21(18)23/h2-15,22-23H,1H3/b13-12+. The molecule has 0 heterocycles. The van der Waals surface area contributed by atoms with Gasteiger partial charge in [-0.25, -0.2) is 8.42 Å². The average molecular weight is 365 g/mol. The van der Waals surface area contributed by atoms with Crippen molar-refractivity contribution < 1.29 is 13.5 Å². The third-order valence-corrected chi connectivity index (χ3v) is 5.30. The maximum Gasteiger partial charge on any atom is 0.261 e. The van der Waals surface area contributed by atoms with Gasteiger partial charge in [-0.1, -0.05) is 66.2 Å². The molecular weight excluding hydrogens is 346 g/mol. The highest BCUT2D eigenvalue weighted by Gasteiger charge is 2.15. The first-order valence-corrected chi connectivity index (χ1v) is 9.59. The number of nitrogens with one attached hydrogen (secondary N) is 1. The second-order valence-corrected chi connectivity index (χ2v) is 7.58. The van der Waals surface area contributed by atoms with Gasteiger partial charge >= 0.3 is 0 Å². The molecule has 0 aliphatic heterocycles. The van der Waals surface area contributed by atoms with E-state index >= 15 is 0 Å². The summed E-state index contributed by atoms with van der Waals surface area (Å²) in [5, 5.41) is 9.85. The Hall–Kier alpha value is -3.05. The summed E-state index contributed by atoms with van der Waals surface area (Å²) >= 11 is 0. The number of rotatable bonds is 5. The monoisotopic (exact) mass is 365 g/mol. The Bertz CT molecular complexity index is 1040. The maximum atomic E-state index is 12.6. The van der Waals surface area contributed by atoms with Crippen LogP contribution >= 0.6 is 0 Å². The molecule has 0 spiro atoms. The summed E-state index contributed by atoms with van der Waals surface area (Å²) in [5.74, 6) is 0.168. The Morgan fingerprint density at radius 1 is 0.808 bits per heavy atom. The zero-order valence-corrected chi connectivity index (χ0v) is 15.1. The highest BCUT2D eigenvalue weighted by Crippen LogP contribution is 2.24. The van der Waals surface area contributed by atoms with Crippen molar-refractivity contribution in [2.24, 2.45) is 0 Å². The molecule has 0 saturated heterocycles. The Labute approximate surface area is 153 Å². The van der Waals surface area contributed by atoms with Gasteiger partial charge in [0.2, 0.25) is 0 Å². The smallest absolute Gasteiger partial charge is 0.261 e. The summed E-state index contributed by atoms with van der Waals surface area (Å²) in [5.41, 5.74) is 2.82. The molecule has 2 N–H and O–H groups in total. The molecule has 3 aromatic carbocycles. The first-order valence-electron chi connectivity index (χ1n) is 8.10. The number of phenolic OH excluding ortho intramolecular Hbond substituents is 1. The van der Waals surface area contributed by atoms with E-state index < -0.39 is 10.0 Å². The van der Waals surface area contributed by atoms with Crippen molar-refractivity contribution in [1.29, 1.82) is 0 Å². The summed E-state index contributed by atoms with van der Waals surface area (Å²) in [6.07, 6.45) is 3.51. The Morgan fingerprint density at radius 3 is 2.08 bits per heavy atom. The molecule has 0 aromatic heterocycles. The molecule has 4 nitrogen and oxygen atoms in total. The summed E-state index contributed by atoms with van der Waals surface area (Å²) < 4.78 is 27.9. The van der Waals surface area contributed by atoms with Crippen LogP contribution in [0, 0.1) is 6.92 Å². The van der Waals surface area contributed by atoms with Crippen molar-refractivity contribution in [3.8, 4) is 5.75 Å². The topological polar surface area (TPSA) is 66.4 Å². The van der Waals surface area contributed by atoms with Crippen molar-refractivity contribution in [3.63, 3.8) is 0 Å². The minimum atomic E-state index is -3.68. The summed E-state index contributed by atoms with van der Waals surface area (Å²) in [6, 6.07) is 20.8. The van der Waals surface area contributed by atoms with Crippen molar-refractivity contribution in [1.82, 2.24) is 0 Å². The molecule has 0 bridgehead atoms. The van der Waals surface area contributed by atoms with Crippen molar-refractivity contribution in [2.75, 3.05) is 4.72 Å². The first kappa shape index (κ1) is 17.8. The van der Waals surface area contributed by atoms with E-state index in [4.69, 9.17) is 0 Å². The Balaban J connectivity index is 1.90. The van der Waals surface area contributed by atoms with Gasteiger partial charge in [-0.15, -0.1) is 0 Å². The van der Waals surface area contributed by atoms with Crippen LogP contribution in [-0.4, -0.2) is 13.5 Å². The number of anilines is 1. The van der Waals surface area contributed by atoms with Gasteiger partial charge in [0.1, 0.15) is 5.75 Å². The van der Waals surface area contributed by atoms with E-state index in [0.717, 1.165) is 5.56 Å². The van der Waals surface area contributed by atoms with Crippen LogP contribution in [0.2, 0.25) is 0 Å². The first-order chi connectivity index (χ1) is 12.5. The van der Waals surface area contributed by atoms with Gasteiger partial charge in [-0.3, -0.25) is 4.72 Å². The third-order valence-electron chi connectivity index (χ3n) is 3.92. The number of hydrogen-bond donors (Lipinski definition) is 2. The lowest BCUT2D eigenvalue weighted by molar-refractivity contribution is 0.474. The molecule has 3 aromatic rings. The van der Waals surface area contributed by atoms with Crippen LogP contribution < -0.4 is 4.72 Å². The zero-order valence-electron chi connectivity index (χ0n) is 14.3. The number of phenols is 1. The molecule has 0 aliphatic rings. The summed E-state index contributed by atoms with van der Waals surface area (Å²) in [4.78, 5) is 0.211. The largest absolute Gasteiger partial charge is 0.507 e.